The molecule has 9 nitrogen and oxygen atoms in total. The summed E-state index contributed by atoms with van der Waals surface area (Å²) in [6.07, 6.45) is 1.47. The van der Waals surface area contributed by atoms with Gasteiger partial charge in [0, 0.05) is 12.8 Å². The van der Waals surface area contributed by atoms with E-state index in [1.54, 1.807) is 0 Å². The first-order valence-electron chi connectivity index (χ1n) is 7.57. The van der Waals surface area contributed by atoms with E-state index in [-0.39, 0.29) is 19.3 Å². The second-order valence-electron chi connectivity index (χ2n) is 6.45. The zero-order chi connectivity index (χ0) is 18.3. The summed E-state index contributed by atoms with van der Waals surface area (Å²) < 4.78 is 23.3. The largest absolute Gasteiger partial charge is 0.478 e. The van der Waals surface area contributed by atoms with Crippen LogP contribution in [-0.4, -0.2) is 58.3 Å². The summed E-state index contributed by atoms with van der Waals surface area (Å²) in [6, 6.07) is 0. The van der Waals surface area contributed by atoms with Crippen molar-refractivity contribution in [1.82, 2.24) is 10.2 Å². The zero-order valence-electron chi connectivity index (χ0n) is 13.4. The Balaban J connectivity index is 2.33. The molecule has 0 bridgehead atoms. The van der Waals surface area contributed by atoms with Crippen molar-refractivity contribution < 1.29 is 32.7 Å². The molecule has 0 unspecified atom stereocenters. The van der Waals surface area contributed by atoms with Gasteiger partial charge in [-0.1, -0.05) is 0 Å². The number of hydrogen-bond acceptors (Lipinski definition) is 6. The van der Waals surface area contributed by atoms with Crippen LogP contribution in [0.4, 0.5) is 0 Å². The third kappa shape index (κ3) is 2.23. The zero-order valence-corrected chi connectivity index (χ0v) is 14.3. The number of carboxylic acids is 1. The molecule has 134 valence electrons. The van der Waals surface area contributed by atoms with Gasteiger partial charge >= 0.3 is 5.97 Å². The van der Waals surface area contributed by atoms with Gasteiger partial charge in [-0.15, -0.1) is 0 Å². The average Bonchev–Trinajstić information content (AvgIpc) is 2.57. The number of nitrogens with zero attached hydrogens (tertiary/aromatic N) is 1. The van der Waals surface area contributed by atoms with Crippen LogP contribution in [0, 0.1) is 0 Å². The van der Waals surface area contributed by atoms with Crippen LogP contribution in [-0.2, 0) is 29.0 Å². The minimum Gasteiger partial charge on any atom is -0.478 e. The number of fused-ring (bicyclic) bond motifs is 1. The van der Waals surface area contributed by atoms with Crippen molar-refractivity contribution in [2.24, 2.45) is 0 Å². The molecule has 2 heterocycles. The second-order valence-corrected chi connectivity index (χ2v) is 9.11. The van der Waals surface area contributed by atoms with Crippen LogP contribution in [0.2, 0.25) is 0 Å². The van der Waals surface area contributed by atoms with Crippen LogP contribution in [0.3, 0.4) is 0 Å². The molecule has 2 atom stereocenters. The van der Waals surface area contributed by atoms with Crippen LogP contribution in [0.1, 0.15) is 46.0 Å². The molecule has 24 heavy (non-hydrogen) atoms. The Bertz CT molecular complexity index is 700. The number of carboxylic acid groups (broad SMARTS) is 1. The second kappa shape index (κ2) is 5.83. The van der Waals surface area contributed by atoms with Crippen molar-refractivity contribution >= 4 is 33.9 Å². The number of aliphatic carboxylic acids is 1. The van der Waals surface area contributed by atoms with E-state index in [0.717, 1.165) is 4.90 Å². The van der Waals surface area contributed by atoms with Crippen molar-refractivity contribution in [3.8, 4) is 0 Å². The lowest BCUT2D eigenvalue weighted by Gasteiger charge is -2.45. The Kier molecular flexibility index (Phi) is 4.47. The van der Waals surface area contributed by atoms with Gasteiger partial charge in [0.25, 0.3) is 0 Å². The van der Waals surface area contributed by atoms with Gasteiger partial charge in [0.1, 0.15) is 16.4 Å². The van der Waals surface area contributed by atoms with E-state index in [1.807, 2.05) is 0 Å². The van der Waals surface area contributed by atoms with Crippen molar-refractivity contribution in [2.45, 2.75) is 61.7 Å². The highest BCUT2D eigenvalue weighted by Gasteiger charge is 2.77. The monoisotopic (exact) mass is 360 g/mol. The first-order chi connectivity index (χ1) is 11.0. The maximum Gasteiger partial charge on any atom is 0.352 e. The molecule has 0 aliphatic carbocycles. The van der Waals surface area contributed by atoms with Gasteiger partial charge in [-0.3, -0.25) is 14.5 Å². The average molecular weight is 360 g/mol. The third-order valence-electron chi connectivity index (χ3n) is 4.81. The number of hydrogen-bond donors (Lipinski definition) is 2. The van der Waals surface area contributed by atoms with Crippen LogP contribution in [0.25, 0.3) is 0 Å². The third-order valence-corrected chi connectivity index (χ3v) is 7.63. The quantitative estimate of drug-likeness (QED) is 0.351. The summed E-state index contributed by atoms with van der Waals surface area (Å²) in [5.41, 5.74) is -2.33. The van der Waals surface area contributed by atoms with E-state index in [9.17, 15) is 32.7 Å². The molecule has 0 saturated carbocycles. The number of aldehydes is 1. The summed E-state index contributed by atoms with van der Waals surface area (Å²) in [4.78, 5) is 47.0. The first-order valence-corrected chi connectivity index (χ1v) is 9.12. The van der Waals surface area contributed by atoms with Crippen molar-refractivity contribution in [3.63, 3.8) is 0 Å². The Morgan fingerprint density at radius 3 is 2.50 bits per heavy atom. The van der Waals surface area contributed by atoms with Crippen LogP contribution in [0.15, 0.2) is 0 Å². The normalized spacial score (nSPS) is 29.5. The highest BCUT2D eigenvalue weighted by Crippen LogP contribution is 2.51. The Hall–Kier alpha value is -1.97. The topological polar surface area (TPSA) is 138 Å². The molecule has 0 aromatic carbocycles. The summed E-state index contributed by atoms with van der Waals surface area (Å²) >= 11 is 0. The molecule has 2 aliphatic rings. The molecule has 0 radical (unpaired) electrons. The van der Waals surface area contributed by atoms with Crippen molar-refractivity contribution in [1.29, 1.82) is 0 Å². The number of β-lactam (4-membered cyclic amide) rings is 1. The lowest BCUT2D eigenvalue weighted by atomic mass is 9.89. The van der Waals surface area contributed by atoms with E-state index in [4.69, 9.17) is 0 Å². The van der Waals surface area contributed by atoms with Gasteiger partial charge in [-0.05, 0) is 26.7 Å². The number of amides is 2. The molecule has 10 heteroatoms. The molecule has 2 N–H and O–H groups in total. The number of nitrogens with one attached hydrogen (secondary N) is 1. The lowest BCUT2D eigenvalue weighted by molar-refractivity contribution is -0.173. The summed E-state index contributed by atoms with van der Waals surface area (Å²) in [5.74, 6) is -2.89. The van der Waals surface area contributed by atoms with Gasteiger partial charge < -0.3 is 15.2 Å². The summed E-state index contributed by atoms with van der Waals surface area (Å²) in [6.45, 7) is 2.41. The van der Waals surface area contributed by atoms with Crippen LogP contribution < -0.4 is 5.32 Å². The molecule has 2 rings (SSSR count). The first kappa shape index (κ1) is 18.4. The van der Waals surface area contributed by atoms with Gasteiger partial charge in [0.05, 0.1) is 6.42 Å². The molecule has 2 fully saturated rings. The fourth-order valence-electron chi connectivity index (χ4n) is 3.28. The minimum absolute atomic E-state index is 0.0638. The number of carbonyl (C=O) groups excluding carboxylic acids is 3. The molecular formula is C14H20N2O7S. The highest BCUT2D eigenvalue weighted by molar-refractivity contribution is 7.93. The Morgan fingerprint density at radius 2 is 2.00 bits per heavy atom. The standard InChI is InChI=1S/C14H20N2O7S/c1-13(2)14(12(20)21,15-9(18)6-4-3-5-7-17)16-10(19)8-11(16)24(13,22)23/h7,11H,3-6,8H2,1-2H3,(H,15,18)(H,20,21)/t11-,14+/m1/s1. The maximum absolute atomic E-state index is 12.6. The van der Waals surface area contributed by atoms with E-state index >= 15 is 0 Å². The number of sulfone groups is 1. The van der Waals surface area contributed by atoms with E-state index in [2.05, 4.69) is 5.32 Å². The lowest BCUT2D eigenvalue weighted by Crippen LogP contribution is -2.75. The van der Waals surface area contributed by atoms with Crippen LogP contribution in [0.5, 0.6) is 0 Å². The molecule has 0 spiro atoms. The summed E-state index contributed by atoms with van der Waals surface area (Å²) in [7, 11) is -3.96. The number of carbonyl (C=O) groups is 4. The fourth-order valence-corrected chi connectivity index (χ4v) is 5.52. The van der Waals surface area contributed by atoms with E-state index < -0.39 is 43.4 Å². The molecular weight excluding hydrogens is 340 g/mol. The Labute approximate surface area is 139 Å². The highest BCUT2D eigenvalue weighted by atomic mass is 32.2. The van der Waals surface area contributed by atoms with Gasteiger partial charge in [0.2, 0.25) is 17.5 Å². The van der Waals surface area contributed by atoms with Crippen molar-refractivity contribution in [2.75, 3.05) is 0 Å². The van der Waals surface area contributed by atoms with E-state index in [0.29, 0.717) is 19.1 Å². The summed E-state index contributed by atoms with van der Waals surface area (Å²) in [5, 5.41) is 10.8. The molecule has 2 aliphatic heterocycles. The predicted molar refractivity (Wildman–Crippen MR) is 81.3 cm³/mol. The number of rotatable bonds is 7. The van der Waals surface area contributed by atoms with Gasteiger partial charge in [0.15, 0.2) is 9.84 Å². The Morgan fingerprint density at radius 1 is 1.38 bits per heavy atom. The van der Waals surface area contributed by atoms with Gasteiger partial charge in [-0.25, -0.2) is 13.2 Å². The predicted octanol–water partition coefficient (Wildman–Crippen LogP) is -0.592. The molecule has 2 saturated heterocycles. The van der Waals surface area contributed by atoms with Crippen molar-refractivity contribution in [3.05, 3.63) is 0 Å². The van der Waals surface area contributed by atoms with Gasteiger partial charge in [-0.2, -0.15) is 0 Å². The maximum atomic E-state index is 12.6. The minimum atomic E-state index is -3.96. The molecule has 0 aromatic rings. The van der Waals surface area contributed by atoms with Crippen LogP contribution >= 0.6 is 0 Å². The number of unbranched alkanes of at least 4 members (excludes halogenated alkanes) is 2. The van der Waals surface area contributed by atoms with E-state index in [1.165, 1.54) is 13.8 Å². The molecule has 0 aromatic heterocycles. The SMILES string of the molecule is CC1(C)[C@](NC(=O)CCCCC=O)(C(=O)O)N2C(=O)C[C@H]2S1(=O)=O. The smallest absolute Gasteiger partial charge is 0.352 e. The fraction of sp³-hybridized carbons (Fsp3) is 0.714. The molecule has 2 amide bonds.